The van der Waals surface area contributed by atoms with Gasteiger partial charge < -0.3 is 10.6 Å². The average Bonchev–Trinajstić information content (AvgIpc) is 2.44. The predicted molar refractivity (Wildman–Crippen MR) is 82.7 cm³/mol. The molecule has 0 unspecified atom stereocenters. The Hall–Kier alpha value is -1.35. The lowest BCUT2D eigenvalue weighted by atomic mass is 9.76. The molecule has 0 aliphatic heterocycles. The molecule has 0 bridgehead atoms. The molecule has 0 radical (unpaired) electrons. The van der Waals surface area contributed by atoms with Crippen molar-refractivity contribution in [1.29, 1.82) is 0 Å². The van der Waals surface area contributed by atoms with Crippen LogP contribution in [0.2, 0.25) is 0 Å². The number of amides is 1. The number of benzene rings is 1. The molecule has 3 nitrogen and oxygen atoms in total. The molecule has 1 aliphatic rings. The first kappa shape index (κ1) is 15.0. The van der Waals surface area contributed by atoms with E-state index >= 15 is 0 Å². The fraction of sp³-hybridized carbons (Fsp3) is 0.588. The minimum Gasteiger partial charge on any atom is -0.355 e. The Morgan fingerprint density at radius 1 is 1.15 bits per heavy atom. The van der Waals surface area contributed by atoms with Gasteiger partial charge in [-0.2, -0.15) is 0 Å². The summed E-state index contributed by atoms with van der Waals surface area (Å²) in [6, 6.07) is 11.4. The minimum absolute atomic E-state index is 0.0472. The molecular weight excluding hydrogens is 248 g/mol. The van der Waals surface area contributed by atoms with Crippen molar-refractivity contribution in [2.45, 2.75) is 45.1 Å². The first-order valence-electron chi connectivity index (χ1n) is 7.68. The van der Waals surface area contributed by atoms with Gasteiger partial charge in [0.2, 0.25) is 5.91 Å². The Balaban J connectivity index is 1.83. The number of carbonyl (C=O) groups is 1. The maximum absolute atomic E-state index is 10.8. The molecule has 2 N–H and O–H groups in total. The van der Waals surface area contributed by atoms with Crippen LogP contribution < -0.4 is 10.6 Å². The standard InChI is InChI=1S/C17H26N2O/c1-13-10-16(15-6-4-3-5-7-15)12-17(11-13)19-9-8-18-14(2)20/h3-7,13,16-17,19H,8-12H2,1-2H3,(H,18,20)/t13-,16-,17-/m1/s1. The summed E-state index contributed by atoms with van der Waals surface area (Å²) in [7, 11) is 0. The third-order valence-electron chi connectivity index (χ3n) is 4.15. The largest absolute Gasteiger partial charge is 0.355 e. The normalized spacial score (nSPS) is 26.2. The molecule has 0 spiro atoms. The SMILES string of the molecule is CC(=O)NCCN[C@@H]1C[C@H](C)C[C@@H](c2ccccc2)C1. The van der Waals surface area contributed by atoms with Crippen LogP contribution in [0, 0.1) is 5.92 Å². The van der Waals surface area contributed by atoms with Gasteiger partial charge in [-0.25, -0.2) is 0 Å². The Bertz CT molecular complexity index is 418. The Morgan fingerprint density at radius 2 is 1.90 bits per heavy atom. The van der Waals surface area contributed by atoms with Crippen LogP contribution >= 0.6 is 0 Å². The second kappa shape index (κ2) is 7.44. The average molecular weight is 274 g/mol. The summed E-state index contributed by atoms with van der Waals surface area (Å²) in [5.74, 6) is 1.47. The molecule has 1 aromatic carbocycles. The first-order valence-corrected chi connectivity index (χ1v) is 7.68. The summed E-state index contributed by atoms with van der Waals surface area (Å²) in [6.07, 6.45) is 3.73. The van der Waals surface area contributed by atoms with Gasteiger partial charge in [0.1, 0.15) is 0 Å². The van der Waals surface area contributed by atoms with Crippen LogP contribution in [0.25, 0.3) is 0 Å². The van der Waals surface area contributed by atoms with Crippen molar-refractivity contribution in [3.8, 4) is 0 Å². The van der Waals surface area contributed by atoms with Gasteiger partial charge in [-0.3, -0.25) is 4.79 Å². The molecule has 0 heterocycles. The lowest BCUT2D eigenvalue weighted by molar-refractivity contribution is -0.118. The lowest BCUT2D eigenvalue weighted by Crippen LogP contribution is -2.40. The summed E-state index contributed by atoms with van der Waals surface area (Å²) < 4.78 is 0. The van der Waals surface area contributed by atoms with Crippen molar-refractivity contribution in [3.63, 3.8) is 0 Å². The molecule has 0 saturated heterocycles. The predicted octanol–water partition coefficient (Wildman–Crippen LogP) is 2.68. The minimum atomic E-state index is 0.0472. The topological polar surface area (TPSA) is 41.1 Å². The highest BCUT2D eigenvalue weighted by Crippen LogP contribution is 2.35. The summed E-state index contributed by atoms with van der Waals surface area (Å²) >= 11 is 0. The molecule has 0 aromatic heterocycles. The van der Waals surface area contributed by atoms with Gasteiger partial charge >= 0.3 is 0 Å². The van der Waals surface area contributed by atoms with E-state index in [0.717, 1.165) is 19.0 Å². The number of rotatable bonds is 5. The van der Waals surface area contributed by atoms with Gasteiger partial charge in [-0.05, 0) is 36.7 Å². The van der Waals surface area contributed by atoms with Crippen LogP contribution in [-0.4, -0.2) is 25.0 Å². The molecule has 2 rings (SSSR count). The fourth-order valence-electron chi connectivity index (χ4n) is 3.28. The maximum Gasteiger partial charge on any atom is 0.216 e. The summed E-state index contributed by atoms with van der Waals surface area (Å²) in [6.45, 7) is 5.49. The zero-order valence-electron chi connectivity index (χ0n) is 12.6. The molecule has 1 amide bonds. The number of nitrogens with one attached hydrogen (secondary N) is 2. The highest BCUT2D eigenvalue weighted by molar-refractivity contribution is 5.72. The van der Waals surface area contributed by atoms with E-state index in [-0.39, 0.29) is 5.91 Å². The first-order chi connectivity index (χ1) is 9.65. The van der Waals surface area contributed by atoms with Crippen LogP contribution in [0.3, 0.4) is 0 Å². The Labute approximate surface area is 122 Å². The van der Waals surface area contributed by atoms with Crippen molar-refractivity contribution < 1.29 is 4.79 Å². The van der Waals surface area contributed by atoms with Crippen molar-refractivity contribution >= 4 is 5.91 Å². The van der Waals surface area contributed by atoms with Gasteiger partial charge in [0.05, 0.1) is 0 Å². The lowest BCUT2D eigenvalue weighted by Gasteiger charge is -2.34. The molecule has 1 aliphatic carbocycles. The zero-order chi connectivity index (χ0) is 14.4. The highest BCUT2D eigenvalue weighted by Gasteiger charge is 2.26. The van der Waals surface area contributed by atoms with E-state index in [0.29, 0.717) is 12.0 Å². The van der Waals surface area contributed by atoms with Crippen LogP contribution in [0.1, 0.15) is 44.6 Å². The van der Waals surface area contributed by atoms with Crippen LogP contribution in [0.4, 0.5) is 0 Å². The summed E-state index contributed by atoms with van der Waals surface area (Å²) in [5.41, 5.74) is 1.47. The molecule has 1 aromatic rings. The molecule has 20 heavy (non-hydrogen) atoms. The molecular formula is C17H26N2O. The van der Waals surface area contributed by atoms with Gasteiger partial charge in [-0.15, -0.1) is 0 Å². The van der Waals surface area contributed by atoms with Crippen molar-refractivity contribution in [3.05, 3.63) is 35.9 Å². The molecule has 3 heteroatoms. The van der Waals surface area contributed by atoms with E-state index < -0.39 is 0 Å². The molecule has 1 saturated carbocycles. The van der Waals surface area contributed by atoms with E-state index in [1.807, 2.05) is 0 Å². The van der Waals surface area contributed by atoms with E-state index in [9.17, 15) is 4.79 Å². The van der Waals surface area contributed by atoms with E-state index in [4.69, 9.17) is 0 Å². The second-order valence-corrected chi connectivity index (χ2v) is 6.05. The number of hydrogen-bond acceptors (Lipinski definition) is 2. The van der Waals surface area contributed by atoms with Crippen LogP contribution in [-0.2, 0) is 4.79 Å². The van der Waals surface area contributed by atoms with Crippen LogP contribution in [0.5, 0.6) is 0 Å². The number of carbonyl (C=O) groups excluding carboxylic acids is 1. The van der Waals surface area contributed by atoms with E-state index in [2.05, 4.69) is 47.9 Å². The van der Waals surface area contributed by atoms with Gasteiger partial charge in [-0.1, -0.05) is 37.3 Å². The number of hydrogen-bond donors (Lipinski definition) is 2. The summed E-state index contributed by atoms with van der Waals surface area (Å²) in [5, 5.41) is 6.43. The van der Waals surface area contributed by atoms with Gasteiger partial charge in [0.25, 0.3) is 0 Å². The van der Waals surface area contributed by atoms with Gasteiger partial charge in [0, 0.05) is 26.1 Å². The smallest absolute Gasteiger partial charge is 0.216 e. The molecule has 3 atom stereocenters. The monoisotopic (exact) mass is 274 g/mol. The van der Waals surface area contributed by atoms with Crippen molar-refractivity contribution in [2.24, 2.45) is 5.92 Å². The van der Waals surface area contributed by atoms with Crippen molar-refractivity contribution in [2.75, 3.05) is 13.1 Å². The Morgan fingerprint density at radius 3 is 2.60 bits per heavy atom. The molecule has 1 fully saturated rings. The van der Waals surface area contributed by atoms with E-state index in [1.165, 1.54) is 24.8 Å². The van der Waals surface area contributed by atoms with Crippen LogP contribution in [0.15, 0.2) is 30.3 Å². The third-order valence-corrected chi connectivity index (χ3v) is 4.15. The fourth-order valence-corrected chi connectivity index (χ4v) is 3.28. The van der Waals surface area contributed by atoms with Crippen molar-refractivity contribution in [1.82, 2.24) is 10.6 Å². The second-order valence-electron chi connectivity index (χ2n) is 6.05. The Kier molecular flexibility index (Phi) is 5.60. The van der Waals surface area contributed by atoms with Gasteiger partial charge in [0.15, 0.2) is 0 Å². The highest BCUT2D eigenvalue weighted by atomic mass is 16.1. The summed E-state index contributed by atoms with van der Waals surface area (Å²) in [4.78, 5) is 10.8. The maximum atomic E-state index is 10.8. The van der Waals surface area contributed by atoms with E-state index in [1.54, 1.807) is 6.92 Å². The molecule has 110 valence electrons. The quantitative estimate of drug-likeness (QED) is 0.811. The zero-order valence-corrected chi connectivity index (χ0v) is 12.6. The third kappa shape index (κ3) is 4.64.